The molecule has 21 heavy (non-hydrogen) atoms. The number of fused-ring (bicyclic) bond motifs is 1. The summed E-state index contributed by atoms with van der Waals surface area (Å²) in [4.78, 5) is 11.0. The maximum atomic E-state index is 11.0. The van der Waals surface area contributed by atoms with E-state index in [1.54, 1.807) is 6.07 Å². The lowest BCUT2D eigenvalue weighted by Gasteiger charge is -2.05. The molecule has 0 fully saturated rings. The Balaban J connectivity index is 1.78. The molecule has 0 bridgehead atoms. The van der Waals surface area contributed by atoms with Crippen LogP contribution in [0.2, 0.25) is 5.02 Å². The molecule has 1 aliphatic rings. The van der Waals surface area contributed by atoms with E-state index in [0.29, 0.717) is 10.7 Å². The first-order chi connectivity index (χ1) is 10.1. The molecule has 2 aromatic rings. The number of hydrogen-bond donors (Lipinski definition) is 2. The van der Waals surface area contributed by atoms with E-state index in [9.17, 15) is 4.79 Å². The molecule has 0 aliphatic heterocycles. The average Bonchev–Trinajstić information content (AvgIpc) is 2.89. The summed E-state index contributed by atoms with van der Waals surface area (Å²) in [7, 11) is 0. The van der Waals surface area contributed by atoms with Crippen molar-refractivity contribution < 1.29 is 9.90 Å². The quantitative estimate of drug-likeness (QED) is 0.851. The van der Waals surface area contributed by atoms with Crippen molar-refractivity contribution in [3.63, 3.8) is 0 Å². The van der Waals surface area contributed by atoms with Crippen molar-refractivity contribution in [3.05, 3.63) is 64.2 Å². The Morgan fingerprint density at radius 2 is 1.81 bits per heavy atom. The highest BCUT2D eigenvalue weighted by Gasteiger charge is 2.16. The van der Waals surface area contributed by atoms with Crippen molar-refractivity contribution >= 4 is 29.0 Å². The molecule has 0 spiro atoms. The summed E-state index contributed by atoms with van der Waals surface area (Å²) in [5.41, 5.74) is 7.12. The van der Waals surface area contributed by atoms with E-state index in [2.05, 4.69) is 22.7 Å². The van der Waals surface area contributed by atoms with Gasteiger partial charge in [0.25, 0.3) is 0 Å². The van der Waals surface area contributed by atoms with Crippen LogP contribution in [-0.4, -0.2) is 16.8 Å². The monoisotopic (exact) mass is 300 g/mol. The lowest BCUT2D eigenvalue weighted by molar-refractivity contribution is 0.0697. The molecule has 0 radical (unpaired) electrons. The van der Waals surface area contributed by atoms with Crippen LogP contribution in [0.4, 0.5) is 5.69 Å². The fourth-order valence-corrected chi connectivity index (χ4v) is 2.53. The number of halogens is 1. The number of carbonyl (C=O) groups is 1. The normalized spacial score (nSPS) is 12.9. The van der Waals surface area contributed by atoms with Gasteiger partial charge in [-0.3, -0.25) is 5.43 Å². The molecular formula is C16H13ClN2O2. The first-order valence-corrected chi connectivity index (χ1v) is 6.92. The summed E-state index contributed by atoms with van der Waals surface area (Å²) in [6.07, 6.45) is 1.61. The third-order valence-corrected chi connectivity index (χ3v) is 3.78. The molecule has 0 amide bonds. The largest absolute Gasteiger partial charge is 0.478 e. The molecule has 3 rings (SSSR count). The average molecular weight is 301 g/mol. The lowest BCUT2D eigenvalue weighted by atomic mass is 10.1. The topological polar surface area (TPSA) is 61.7 Å². The highest BCUT2D eigenvalue weighted by atomic mass is 35.5. The number of hydrazone groups is 1. The van der Waals surface area contributed by atoms with E-state index in [1.165, 1.54) is 23.3 Å². The number of nitrogens with one attached hydrogen (secondary N) is 1. The Morgan fingerprint density at radius 1 is 1.14 bits per heavy atom. The second kappa shape index (κ2) is 5.58. The molecule has 0 unspecified atom stereocenters. The third kappa shape index (κ3) is 2.90. The van der Waals surface area contributed by atoms with E-state index >= 15 is 0 Å². The van der Waals surface area contributed by atoms with Crippen LogP contribution < -0.4 is 5.43 Å². The van der Waals surface area contributed by atoms with Crippen LogP contribution >= 0.6 is 11.6 Å². The Kier molecular flexibility index (Phi) is 3.62. The highest BCUT2D eigenvalue weighted by molar-refractivity contribution is 6.33. The lowest BCUT2D eigenvalue weighted by Crippen LogP contribution is -2.03. The van der Waals surface area contributed by atoms with Gasteiger partial charge in [-0.05, 0) is 29.3 Å². The molecule has 0 saturated heterocycles. The summed E-state index contributed by atoms with van der Waals surface area (Å²) in [6, 6.07) is 12.7. The van der Waals surface area contributed by atoms with Crippen LogP contribution in [0.5, 0.6) is 0 Å². The summed E-state index contributed by atoms with van der Waals surface area (Å²) >= 11 is 6.05. The van der Waals surface area contributed by atoms with Crippen LogP contribution in [0, 0.1) is 0 Å². The molecule has 106 valence electrons. The molecule has 2 aromatic carbocycles. The molecule has 0 atom stereocenters. The van der Waals surface area contributed by atoms with Gasteiger partial charge in [0.15, 0.2) is 0 Å². The van der Waals surface area contributed by atoms with Crippen LogP contribution in [0.25, 0.3) is 0 Å². The Labute approximate surface area is 127 Å². The van der Waals surface area contributed by atoms with Gasteiger partial charge in [0.05, 0.1) is 16.3 Å². The highest BCUT2D eigenvalue weighted by Crippen LogP contribution is 2.24. The molecule has 4 nitrogen and oxygen atoms in total. The standard InChI is InChI=1S/C16H13ClN2O2/c17-14-6-5-12(16(20)21)9-15(14)19-18-13-7-10-3-1-2-4-11(10)8-13/h1-6,9,19H,7-8H2,(H,20,21). The molecule has 0 aromatic heterocycles. The van der Waals surface area contributed by atoms with Crippen LogP contribution in [0.15, 0.2) is 47.6 Å². The number of aromatic carboxylic acids is 1. The molecule has 0 heterocycles. The number of carboxylic acid groups (broad SMARTS) is 1. The fourth-order valence-electron chi connectivity index (χ4n) is 2.37. The Bertz CT molecular complexity index is 714. The van der Waals surface area contributed by atoms with Crippen molar-refractivity contribution in [2.75, 3.05) is 5.43 Å². The first-order valence-electron chi connectivity index (χ1n) is 6.54. The number of rotatable bonds is 3. The van der Waals surface area contributed by atoms with E-state index < -0.39 is 5.97 Å². The molecule has 0 saturated carbocycles. The van der Waals surface area contributed by atoms with Gasteiger partial charge in [-0.15, -0.1) is 0 Å². The second-order valence-corrected chi connectivity index (χ2v) is 5.32. The van der Waals surface area contributed by atoms with Crippen LogP contribution in [-0.2, 0) is 12.8 Å². The van der Waals surface area contributed by atoms with E-state index in [1.807, 2.05) is 12.1 Å². The number of carboxylic acids is 1. The fraction of sp³-hybridized carbons (Fsp3) is 0.125. The minimum atomic E-state index is -0.990. The van der Waals surface area contributed by atoms with Crippen molar-refractivity contribution in [1.29, 1.82) is 0 Å². The van der Waals surface area contributed by atoms with Gasteiger partial charge >= 0.3 is 5.97 Å². The van der Waals surface area contributed by atoms with Crippen molar-refractivity contribution in [3.8, 4) is 0 Å². The summed E-state index contributed by atoms with van der Waals surface area (Å²) in [5.74, 6) is -0.990. The van der Waals surface area contributed by atoms with Gasteiger partial charge in [-0.1, -0.05) is 35.9 Å². The predicted molar refractivity (Wildman–Crippen MR) is 83.3 cm³/mol. The molecular weight excluding hydrogens is 288 g/mol. The number of benzene rings is 2. The van der Waals surface area contributed by atoms with Gasteiger partial charge < -0.3 is 5.11 Å². The van der Waals surface area contributed by atoms with Crippen molar-refractivity contribution in [2.24, 2.45) is 5.10 Å². The first kappa shape index (κ1) is 13.6. The zero-order valence-electron chi connectivity index (χ0n) is 11.1. The SMILES string of the molecule is O=C(O)c1ccc(Cl)c(NN=C2Cc3ccccc3C2)c1. The van der Waals surface area contributed by atoms with Crippen LogP contribution in [0.1, 0.15) is 21.5 Å². The number of anilines is 1. The zero-order chi connectivity index (χ0) is 14.8. The molecule has 5 heteroatoms. The van der Waals surface area contributed by atoms with E-state index in [-0.39, 0.29) is 5.56 Å². The van der Waals surface area contributed by atoms with Gasteiger partial charge in [0.1, 0.15) is 0 Å². The maximum absolute atomic E-state index is 11.0. The van der Waals surface area contributed by atoms with Crippen molar-refractivity contribution in [2.45, 2.75) is 12.8 Å². The Hall–Kier alpha value is -2.33. The third-order valence-electron chi connectivity index (χ3n) is 3.46. The van der Waals surface area contributed by atoms with Crippen LogP contribution in [0.3, 0.4) is 0 Å². The van der Waals surface area contributed by atoms with Gasteiger partial charge in [0.2, 0.25) is 0 Å². The minimum absolute atomic E-state index is 0.178. The van der Waals surface area contributed by atoms with Gasteiger partial charge in [-0.2, -0.15) is 5.10 Å². The van der Waals surface area contributed by atoms with Crippen molar-refractivity contribution in [1.82, 2.24) is 0 Å². The zero-order valence-corrected chi connectivity index (χ0v) is 11.9. The maximum Gasteiger partial charge on any atom is 0.335 e. The van der Waals surface area contributed by atoms with Gasteiger partial charge in [0, 0.05) is 18.6 Å². The molecule has 2 N–H and O–H groups in total. The summed E-state index contributed by atoms with van der Waals surface area (Å²) in [6.45, 7) is 0. The summed E-state index contributed by atoms with van der Waals surface area (Å²) < 4.78 is 0. The van der Waals surface area contributed by atoms with E-state index in [0.717, 1.165) is 18.6 Å². The second-order valence-electron chi connectivity index (χ2n) is 4.91. The summed E-state index contributed by atoms with van der Waals surface area (Å²) in [5, 5.41) is 13.8. The predicted octanol–water partition coefficient (Wildman–Crippen LogP) is 3.60. The number of nitrogens with zero attached hydrogens (tertiary/aromatic N) is 1. The van der Waals surface area contributed by atoms with E-state index in [4.69, 9.17) is 16.7 Å². The number of hydrogen-bond acceptors (Lipinski definition) is 3. The Morgan fingerprint density at radius 3 is 2.43 bits per heavy atom. The smallest absolute Gasteiger partial charge is 0.335 e. The molecule has 1 aliphatic carbocycles. The van der Waals surface area contributed by atoms with Gasteiger partial charge in [-0.25, -0.2) is 4.79 Å². The minimum Gasteiger partial charge on any atom is -0.478 e.